The van der Waals surface area contributed by atoms with Crippen LogP contribution in [0.4, 0.5) is 11.6 Å². The highest BCUT2D eigenvalue weighted by Gasteiger charge is 2.41. The van der Waals surface area contributed by atoms with Crippen LogP contribution in [-0.4, -0.2) is 50.7 Å². The number of anilines is 2. The SMILES string of the molecule is Cc1cc(N2CC3CN(c4cc(C(C)(C)C)ncn4)CC3C2)n2nccc2n1. The van der Waals surface area contributed by atoms with E-state index < -0.39 is 0 Å². The van der Waals surface area contributed by atoms with Crippen molar-refractivity contribution in [3.05, 3.63) is 42.1 Å². The van der Waals surface area contributed by atoms with Gasteiger partial charge in [-0.15, -0.1) is 0 Å². The predicted molar refractivity (Wildman–Crippen MR) is 110 cm³/mol. The normalized spacial score (nSPS) is 22.3. The summed E-state index contributed by atoms with van der Waals surface area (Å²) < 4.78 is 1.96. The zero-order valence-corrected chi connectivity index (χ0v) is 17.0. The summed E-state index contributed by atoms with van der Waals surface area (Å²) in [4.78, 5) is 18.5. The molecule has 0 spiro atoms. The van der Waals surface area contributed by atoms with E-state index in [2.05, 4.69) is 69.7 Å². The minimum Gasteiger partial charge on any atom is -0.356 e. The number of nitrogens with zero attached hydrogens (tertiary/aromatic N) is 7. The van der Waals surface area contributed by atoms with E-state index in [1.165, 1.54) is 0 Å². The van der Waals surface area contributed by atoms with Crippen LogP contribution in [0.25, 0.3) is 5.65 Å². The minimum absolute atomic E-state index is 0.0401. The molecule has 0 N–H and O–H groups in total. The van der Waals surface area contributed by atoms with Crippen LogP contribution in [0.3, 0.4) is 0 Å². The molecule has 2 unspecified atom stereocenters. The molecule has 7 heteroatoms. The molecule has 2 saturated heterocycles. The molecule has 28 heavy (non-hydrogen) atoms. The zero-order chi connectivity index (χ0) is 19.5. The molecule has 7 nitrogen and oxygen atoms in total. The standard InChI is InChI=1S/C21H27N7/c1-14-7-20(28-18(25-14)5-6-24-28)27-11-15-9-26(10-16(15)12-27)19-8-17(21(2,3)4)22-13-23-19/h5-8,13,15-16H,9-12H2,1-4H3. The molecule has 0 saturated carbocycles. The maximum Gasteiger partial charge on any atom is 0.157 e. The molecule has 5 heterocycles. The summed E-state index contributed by atoms with van der Waals surface area (Å²) >= 11 is 0. The highest BCUT2D eigenvalue weighted by molar-refractivity contribution is 5.52. The van der Waals surface area contributed by atoms with Gasteiger partial charge in [0.25, 0.3) is 0 Å². The van der Waals surface area contributed by atoms with E-state index in [-0.39, 0.29) is 5.41 Å². The van der Waals surface area contributed by atoms with Crippen LogP contribution in [0.15, 0.2) is 30.7 Å². The number of aromatic nitrogens is 5. The van der Waals surface area contributed by atoms with E-state index in [1.54, 1.807) is 6.33 Å². The van der Waals surface area contributed by atoms with Gasteiger partial charge in [0.2, 0.25) is 0 Å². The van der Waals surface area contributed by atoms with E-state index in [4.69, 9.17) is 0 Å². The second kappa shape index (κ2) is 6.15. The van der Waals surface area contributed by atoms with E-state index in [0.29, 0.717) is 11.8 Å². The Bertz CT molecular complexity index is 1010. The van der Waals surface area contributed by atoms with Crippen molar-refractivity contribution in [2.24, 2.45) is 11.8 Å². The van der Waals surface area contributed by atoms with Crippen molar-refractivity contribution in [1.82, 2.24) is 24.6 Å². The minimum atomic E-state index is 0.0401. The van der Waals surface area contributed by atoms with E-state index in [9.17, 15) is 0 Å². The molecule has 146 valence electrons. The molecule has 0 aliphatic carbocycles. The molecule has 0 amide bonds. The quantitative estimate of drug-likeness (QED) is 0.684. The van der Waals surface area contributed by atoms with Crippen LogP contribution < -0.4 is 9.80 Å². The Balaban J connectivity index is 1.35. The van der Waals surface area contributed by atoms with Crippen molar-refractivity contribution in [2.45, 2.75) is 33.1 Å². The lowest BCUT2D eigenvalue weighted by Crippen LogP contribution is -2.30. The first-order valence-electron chi connectivity index (χ1n) is 10.0. The van der Waals surface area contributed by atoms with Crippen molar-refractivity contribution in [3.63, 3.8) is 0 Å². The largest absolute Gasteiger partial charge is 0.356 e. The van der Waals surface area contributed by atoms with Gasteiger partial charge in [0.05, 0.1) is 11.9 Å². The molecule has 0 aromatic carbocycles. The second-order valence-electron chi connectivity index (χ2n) is 9.20. The summed E-state index contributed by atoms with van der Waals surface area (Å²) in [6.07, 6.45) is 3.54. The summed E-state index contributed by atoms with van der Waals surface area (Å²) in [5.41, 5.74) is 3.10. The third-order valence-corrected chi connectivity index (χ3v) is 6.02. The highest BCUT2D eigenvalue weighted by Crippen LogP contribution is 2.36. The number of hydrogen-bond acceptors (Lipinski definition) is 6. The molecule has 2 aliphatic heterocycles. The lowest BCUT2D eigenvalue weighted by atomic mass is 9.92. The van der Waals surface area contributed by atoms with Gasteiger partial charge in [-0.3, -0.25) is 0 Å². The maximum atomic E-state index is 4.57. The van der Waals surface area contributed by atoms with Crippen LogP contribution in [-0.2, 0) is 5.41 Å². The average Bonchev–Trinajstić information content (AvgIpc) is 3.34. The third-order valence-electron chi connectivity index (χ3n) is 6.02. The Morgan fingerprint density at radius 3 is 2.39 bits per heavy atom. The first-order chi connectivity index (χ1) is 13.4. The lowest BCUT2D eigenvalue weighted by molar-refractivity contribution is 0.533. The van der Waals surface area contributed by atoms with Gasteiger partial charge < -0.3 is 9.80 Å². The Kier molecular flexibility index (Phi) is 3.82. The van der Waals surface area contributed by atoms with Crippen LogP contribution in [0.5, 0.6) is 0 Å². The van der Waals surface area contributed by atoms with Gasteiger partial charge in [-0.2, -0.15) is 9.61 Å². The maximum absolute atomic E-state index is 4.57. The third kappa shape index (κ3) is 2.89. The predicted octanol–water partition coefficient (Wildman–Crippen LogP) is 2.70. The topological polar surface area (TPSA) is 62.5 Å². The van der Waals surface area contributed by atoms with E-state index in [1.807, 2.05) is 16.8 Å². The van der Waals surface area contributed by atoms with Gasteiger partial charge in [0, 0.05) is 67.3 Å². The number of hydrogen-bond donors (Lipinski definition) is 0. The lowest BCUT2D eigenvalue weighted by Gasteiger charge is -2.25. The fraction of sp³-hybridized carbons (Fsp3) is 0.524. The molecular weight excluding hydrogens is 350 g/mol. The van der Waals surface area contributed by atoms with Gasteiger partial charge in [-0.05, 0) is 6.92 Å². The molecule has 5 rings (SSSR count). The van der Waals surface area contributed by atoms with Crippen LogP contribution >= 0.6 is 0 Å². The van der Waals surface area contributed by atoms with Crippen molar-refractivity contribution < 1.29 is 0 Å². The number of rotatable bonds is 2. The van der Waals surface area contributed by atoms with Gasteiger partial charge in [0.1, 0.15) is 18.0 Å². The van der Waals surface area contributed by atoms with Crippen LogP contribution in [0.2, 0.25) is 0 Å². The molecule has 3 aromatic heterocycles. The van der Waals surface area contributed by atoms with E-state index in [0.717, 1.165) is 54.8 Å². The Morgan fingerprint density at radius 2 is 1.68 bits per heavy atom. The van der Waals surface area contributed by atoms with Gasteiger partial charge in [-0.1, -0.05) is 20.8 Å². The molecule has 2 atom stereocenters. The van der Waals surface area contributed by atoms with Crippen molar-refractivity contribution in [2.75, 3.05) is 36.0 Å². The second-order valence-corrected chi connectivity index (χ2v) is 9.20. The van der Waals surface area contributed by atoms with E-state index >= 15 is 0 Å². The Hall–Kier alpha value is -2.70. The monoisotopic (exact) mass is 377 g/mol. The van der Waals surface area contributed by atoms with Crippen molar-refractivity contribution in [3.8, 4) is 0 Å². The smallest absolute Gasteiger partial charge is 0.157 e. The fourth-order valence-electron chi connectivity index (χ4n) is 4.54. The first kappa shape index (κ1) is 17.4. The van der Waals surface area contributed by atoms with Crippen molar-refractivity contribution >= 4 is 17.3 Å². The zero-order valence-electron chi connectivity index (χ0n) is 17.0. The summed E-state index contributed by atoms with van der Waals surface area (Å²) in [6, 6.07) is 6.29. The van der Waals surface area contributed by atoms with Crippen LogP contribution in [0, 0.1) is 18.8 Å². The summed E-state index contributed by atoms with van der Waals surface area (Å²) in [5.74, 6) is 3.51. The highest BCUT2D eigenvalue weighted by atomic mass is 15.4. The summed E-state index contributed by atoms with van der Waals surface area (Å²) in [5, 5.41) is 4.48. The van der Waals surface area contributed by atoms with Crippen molar-refractivity contribution in [1.29, 1.82) is 0 Å². The average molecular weight is 377 g/mol. The molecular formula is C21H27N7. The van der Waals surface area contributed by atoms with Gasteiger partial charge in [0.15, 0.2) is 5.65 Å². The molecule has 3 aromatic rings. The van der Waals surface area contributed by atoms with Crippen LogP contribution in [0.1, 0.15) is 32.2 Å². The van der Waals surface area contributed by atoms with Gasteiger partial charge in [-0.25, -0.2) is 15.0 Å². The Morgan fingerprint density at radius 1 is 0.964 bits per heavy atom. The first-order valence-corrected chi connectivity index (χ1v) is 10.0. The molecule has 0 bridgehead atoms. The number of aryl methyl sites for hydroxylation is 1. The number of fused-ring (bicyclic) bond motifs is 2. The Labute approximate surface area is 165 Å². The molecule has 2 aliphatic rings. The molecule has 0 radical (unpaired) electrons. The summed E-state index contributed by atoms with van der Waals surface area (Å²) in [6.45, 7) is 12.8. The molecule has 2 fully saturated rings. The fourth-order valence-corrected chi connectivity index (χ4v) is 4.54. The summed E-state index contributed by atoms with van der Waals surface area (Å²) in [7, 11) is 0. The van der Waals surface area contributed by atoms with Gasteiger partial charge >= 0.3 is 0 Å².